The van der Waals surface area contributed by atoms with Crippen molar-refractivity contribution in [2.75, 3.05) is 7.11 Å². The van der Waals surface area contributed by atoms with Gasteiger partial charge in [0.05, 0.1) is 13.2 Å². The Bertz CT molecular complexity index is 874. The fourth-order valence-corrected chi connectivity index (χ4v) is 3.30. The minimum Gasteiger partial charge on any atom is -0.496 e. The molecule has 26 heavy (non-hydrogen) atoms. The van der Waals surface area contributed by atoms with Crippen LogP contribution >= 0.6 is 11.3 Å². The van der Waals surface area contributed by atoms with Crippen molar-refractivity contribution < 1.29 is 14.1 Å². The number of carbonyl (C=O) groups is 1. The number of aromatic nitrogens is 2. The summed E-state index contributed by atoms with van der Waals surface area (Å²) in [6.45, 7) is 3.95. The van der Waals surface area contributed by atoms with Crippen LogP contribution in [0.4, 0.5) is 0 Å². The fourth-order valence-electron chi connectivity index (χ4n) is 2.67. The third kappa shape index (κ3) is 4.29. The van der Waals surface area contributed by atoms with Gasteiger partial charge in [-0.2, -0.15) is 16.3 Å². The van der Waals surface area contributed by atoms with E-state index in [1.54, 1.807) is 18.4 Å². The minimum absolute atomic E-state index is 0.0728. The minimum atomic E-state index is -0.151. The average Bonchev–Trinajstić information content (AvgIpc) is 3.31. The summed E-state index contributed by atoms with van der Waals surface area (Å²) in [6.07, 6.45) is 0.685. The number of hydrogen-bond acceptors (Lipinski definition) is 6. The maximum Gasteiger partial charge on any atom is 0.227 e. The first-order valence-corrected chi connectivity index (χ1v) is 9.30. The molecule has 0 saturated heterocycles. The molecule has 2 heterocycles. The number of benzene rings is 1. The summed E-state index contributed by atoms with van der Waals surface area (Å²) in [7, 11) is 1.63. The Labute approximate surface area is 156 Å². The van der Waals surface area contributed by atoms with Gasteiger partial charge in [0.2, 0.25) is 17.6 Å². The summed E-state index contributed by atoms with van der Waals surface area (Å²) in [5, 5.41) is 10.9. The largest absolute Gasteiger partial charge is 0.496 e. The molecule has 0 radical (unpaired) electrons. The van der Waals surface area contributed by atoms with Gasteiger partial charge in [-0.15, -0.1) is 0 Å². The lowest BCUT2D eigenvalue weighted by atomic mass is 10.0. The van der Waals surface area contributed by atoms with E-state index < -0.39 is 0 Å². The Balaban J connectivity index is 1.57. The van der Waals surface area contributed by atoms with Crippen LogP contribution in [0.5, 0.6) is 5.75 Å². The molecule has 2 aromatic heterocycles. The highest BCUT2D eigenvalue weighted by Gasteiger charge is 2.16. The third-order valence-corrected chi connectivity index (χ3v) is 4.73. The van der Waals surface area contributed by atoms with Crippen LogP contribution in [0.15, 0.2) is 39.5 Å². The third-order valence-electron chi connectivity index (χ3n) is 4.04. The lowest BCUT2D eigenvalue weighted by Crippen LogP contribution is -2.27. The molecule has 1 N–H and O–H groups in total. The number of nitrogens with zero attached hydrogens (tertiary/aromatic N) is 2. The zero-order chi connectivity index (χ0) is 18.5. The second kappa shape index (κ2) is 8.14. The highest BCUT2D eigenvalue weighted by Crippen LogP contribution is 2.26. The molecule has 0 spiro atoms. The quantitative estimate of drug-likeness (QED) is 0.681. The summed E-state index contributed by atoms with van der Waals surface area (Å²) >= 11 is 1.57. The Hall–Kier alpha value is -2.67. The van der Waals surface area contributed by atoms with E-state index >= 15 is 0 Å². The van der Waals surface area contributed by atoms with Crippen molar-refractivity contribution in [3.63, 3.8) is 0 Å². The number of ether oxygens (including phenoxy) is 1. The smallest absolute Gasteiger partial charge is 0.227 e. The SMILES string of the molecule is COc1ccc(C)cc1[C@@H](C)NC(=O)CCc1nc(-c2ccsc2)no1. The number of amides is 1. The first-order chi connectivity index (χ1) is 12.6. The standard InChI is InChI=1S/C19H21N3O3S/c1-12-4-5-16(24-3)15(10-12)13(2)20-17(23)6-7-18-21-19(22-25-18)14-8-9-26-11-14/h4-5,8-11,13H,6-7H2,1-3H3,(H,20,23)/t13-/m1/s1. The number of aryl methyl sites for hydroxylation is 2. The highest BCUT2D eigenvalue weighted by atomic mass is 32.1. The van der Waals surface area contributed by atoms with Crippen molar-refractivity contribution in [2.45, 2.75) is 32.7 Å². The van der Waals surface area contributed by atoms with Crippen molar-refractivity contribution >= 4 is 17.2 Å². The van der Waals surface area contributed by atoms with Crippen LogP contribution in [0.1, 0.15) is 36.4 Å². The molecule has 7 heteroatoms. The van der Waals surface area contributed by atoms with Crippen LogP contribution in [0.25, 0.3) is 11.4 Å². The summed E-state index contributed by atoms with van der Waals surface area (Å²) in [6, 6.07) is 7.70. The van der Waals surface area contributed by atoms with Crippen molar-refractivity contribution in [1.29, 1.82) is 0 Å². The summed E-state index contributed by atoms with van der Waals surface area (Å²) in [5.74, 6) is 1.71. The Morgan fingerprint density at radius 1 is 1.38 bits per heavy atom. The van der Waals surface area contributed by atoms with E-state index in [9.17, 15) is 4.79 Å². The topological polar surface area (TPSA) is 77.2 Å². The second-order valence-electron chi connectivity index (χ2n) is 6.06. The zero-order valence-corrected chi connectivity index (χ0v) is 15.8. The predicted octanol–water partition coefficient (Wildman–Crippen LogP) is 3.93. The monoisotopic (exact) mass is 371 g/mol. The van der Waals surface area contributed by atoms with E-state index in [1.807, 2.05) is 48.9 Å². The second-order valence-corrected chi connectivity index (χ2v) is 6.84. The number of rotatable bonds is 7. The van der Waals surface area contributed by atoms with Crippen LogP contribution in [0.2, 0.25) is 0 Å². The number of nitrogens with one attached hydrogen (secondary N) is 1. The first-order valence-electron chi connectivity index (χ1n) is 8.36. The van der Waals surface area contributed by atoms with Crippen LogP contribution in [0.3, 0.4) is 0 Å². The van der Waals surface area contributed by atoms with Gasteiger partial charge < -0.3 is 14.6 Å². The van der Waals surface area contributed by atoms with E-state index in [0.29, 0.717) is 18.1 Å². The molecule has 1 atom stereocenters. The molecule has 3 aromatic rings. The van der Waals surface area contributed by atoms with Gasteiger partial charge in [0, 0.05) is 29.3 Å². The van der Waals surface area contributed by atoms with Gasteiger partial charge >= 0.3 is 0 Å². The van der Waals surface area contributed by atoms with Crippen LogP contribution in [-0.4, -0.2) is 23.2 Å². The van der Waals surface area contributed by atoms with Gasteiger partial charge in [-0.1, -0.05) is 22.9 Å². The first kappa shape index (κ1) is 18.1. The van der Waals surface area contributed by atoms with E-state index in [4.69, 9.17) is 9.26 Å². The van der Waals surface area contributed by atoms with Crippen LogP contribution < -0.4 is 10.1 Å². The molecule has 0 aliphatic carbocycles. The number of thiophene rings is 1. The van der Waals surface area contributed by atoms with Gasteiger partial charge in [0.1, 0.15) is 5.75 Å². The van der Waals surface area contributed by atoms with Gasteiger partial charge in [-0.05, 0) is 31.4 Å². The molecule has 1 aromatic carbocycles. The predicted molar refractivity (Wildman–Crippen MR) is 100 cm³/mol. The number of hydrogen-bond donors (Lipinski definition) is 1. The number of carbonyl (C=O) groups excluding carboxylic acids is 1. The molecule has 0 aliphatic rings. The molecule has 6 nitrogen and oxygen atoms in total. The summed E-state index contributed by atoms with van der Waals surface area (Å²) in [5.41, 5.74) is 3.00. The van der Waals surface area contributed by atoms with E-state index in [2.05, 4.69) is 15.5 Å². The lowest BCUT2D eigenvalue weighted by Gasteiger charge is -2.17. The molecular weight excluding hydrogens is 350 g/mol. The molecule has 0 aliphatic heterocycles. The van der Waals surface area contributed by atoms with E-state index in [1.165, 1.54) is 0 Å². The van der Waals surface area contributed by atoms with Gasteiger partial charge in [-0.3, -0.25) is 4.79 Å². The molecule has 0 saturated carbocycles. The van der Waals surface area contributed by atoms with Gasteiger partial charge in [0.25, 0.3) is 0 Å². The van der Waals surface area contributed by atoms with E-state index in [-0.39, 0.29) is 18.4 Å². The summed E-state index contributed by atoms with van der Waals surface area (Å²) in [4.78, 5) is 16.6. The van der Waals surface area contributed by atoms with Crippen LogP contribution in [0, 0.1) is 6.92 Å². The van der Waals surface area contributed by atoms with E-state index in [0.717, 1.165) is 22.4 Å². The molecule has 136 valence electrons. The van der Waals surface area contributed by atoms with Crippen molar-refractivity contribution in [3.8, 4) is 17.1 Å². The van der Waals surface area contributed by atoms with Crippen LogP contribution in [-0.2, 0) is 11.2 Å². The average molecular weight is 371 g/mol. The molecular formula is C19H21N3O3S. The molecule has 0 bridgehead atoms. The van der Waals surface area contributed by atoms with Crippen molar-refractivity contribution in [1.82, 2.24) is 15.5 Å². The van der Waals surface area contributed by atoms with Gasteiger partial charge in [0.15, 0.2) is 0 Å². The maximum atomic E-state index is 12.3. The molecule has 0 fully saturated rings. The van der Waals surface area contributed by atoms with Crippen molar-refractivity contribution in [2.24, 2.45) is 0 Å². The van der Waals surface area contributed by atoms with Crippen molar-refractivity contribution in [3.05, 3.63) is 52.0 Å². The maximum absolute atomic E-state index is 12.3. The Kier molecular flexibility index (Phi) is 5.68. The Morgan fingerprint density at radius 2 is 2.23 bits per heavy atom. The number of methoxy groups -OCH3 is 1. The Morgan fingerprint density at radius 3 is 2.96 bits per heavy atom. The highest BCUT2D eigenvalue weighted by molar-refractivity contribution is 7.08. The molecule has 0 unspecified atom stereocenters. The zero-order valence-electron chi connectivity index (χ0n) is 15.0. The molecule has 1 amide bonds. The lowest BCUT2D eigenvalue weighted by molar-refractivity contribution is -0.121. The summed E-state index contributed by atoms with van der Waals surface area (Å²) < 4.78 is 10.6. The fraction of sp³-hybridized carbons (Fsp3) is 0.316. The van der Waals surface area contributed by atoms with Gasteiger partial charge in [-0.25, -0.2) is 0 Å². The molecule has 3 rings (SSSR count). The normalized spacial score (nSPS) is 12.0.